The normalized spacial score (nSPS) is 11.1. The van der Waals surface area contributed by atoms with Gasteiger partial charge in [-0.25, -0.2) is 13.8 Å². The number of carbonyl (C=O) groups excluding carboxylic acids is 1. The Balaban J connectivity index is 2.01. The van der Waals surface area contributed by atoms with E-state index in [9.17, 15) is 13.2 Å². The number of amides is 1. The van der Waals surface area contributed by atoms with Crippen LogP contribution in [0.25, 0.3) is 0 Å². The zero-order valence-electron chi connectivity index (χ0n) is 23.0. The summed E-state index contributed by atoms with van der Waals surface area (Å²) in [6.07, 6.45) is 1.36. The molecule has 0 aliphatic heterocycles. The lowest BCUT2D eigenvalue weighted by Gasteiger charge is -2.26. The van der Waals surface area contributed by atoms with E-state index in [1.54, 1.807) is 24.3 Å². The number of carbonyl (C=O) groups is 1. The van der Waals surface area contributed by atoms with Crippen molar-refractivity contribution in [3.8, 4) is 34.5 Å². The average molecular weight is 574 g/mol. The SMILES string of the molecule is COc1ccc(OC)c(N(CC(=O)N/N=C\c2cccc(OC)c2OC)S(=O)(=O)c2ccc(OC)c(OC)c2)c1. The monoisotopic (exact) mass is 573 g/mol. The van der Waals surface area contributed by atoms with E-state index in [0.717, 1.165) is 4.31 Å². The number of benzene rings is 3. The summed E-state index contributed by atoms with van der Waals surface area (Å²) >= 11 is 0. The van der Waals surface area contributed by atoms with Crippen LogP contribution in [0.1, 0.15) is 5.56 Å². The molecule has 0 bridgehead atoms. The van der Waals surface area contributed by atoms with Crippen LogP contribution in [0.5, 0.6) is 34.5 Å². The largest absolute Gasteiger partial charge is 0.497 e. The van der Waals surface area contributed by atoms with Gasteiger partial charge in [0.25, 0.3) is 15.9 Å². The highest BCUT2D eigenvalue weighted by Gasteiger charge is 2.31. The van der Waals surface area contributed by atoms with Crippen LogP contribution in [0.15, 0.2) is 64.6 Å². The molecule has 0 aliphatic carbocycles. The van der Waals surface area contributed by atoms with E-state index >= 15 is 0 Å². The number of nitrogens with one attached hydrogen (secondary N) is 1. The minimum Gasteiger partial charge on any atom is -0.497 e. The minimum atomic E-state index is -4.35. The molecule has 0 spiro atoms. The lowest BCUT2D eigenvalue weighted by molar-refractivity contribution is -0.119. The molecule has 0 atom stereocenters. The zero-order valence-corrected chi connectivity index (χ0v) is 23.8. The highest BCUT2D eigenvalue weighted by molar-refractivity contribution is 7.92. The van der Waals surface area contributed by atoms with Gasteiger partial charge in [-0.15, -0.1) is 0 Å². The molecule has 1 amide bonds. The molecule has 12 nitrogen and oxygen atoms in total. The van der Waals surface area contributed by atoms with Crippen LogP contribution in [0.4, 0.5) is 5.69 Å². The lowest BCUT2D eigenvalue weighted by atomic mass is 10.2. The summed E-state index contributed by atoms with van der Waals surface area (Å²) in [7, 11) is 4.28. The predicted molar refractivity (Wildman–Crippen MR) is 149 cm³/mol. The van der Waals surface area contributed by atoms with E-state index in [1.807, 2.05) is 0 Å². The molecule has 0 saturated heterocycles. The Morgan fingerprint density at radius 1 is 0.800 bits per heavy atom. The van der Waals surface area contributed by atoms with Crippen LogP contribution in [0.3, 0.4) is 0 Å². The van der Waals surface area contributed by atoms with E-state index in [1.165, 1.54) is 79.2 Å². The molecule has 214 valence electrons. The van der Waals surface area contributed by atoms with Crippen molar-refractivity contribution in [1.82, 2.24) is 5.43 Å². The smallest absolute Gasteiger partial charge is 0.265 e. The molecular weight excluding hydrogens is 542 g/mol. The Hall–Kier alpha value is -4.65. The van der Waals surface area contributed by atoms with E-state index in [4.69, 9.17) is 28.4 Å². The second-order valence-corrected chi connectivity index (χ2v) is 9.80. The number of ether oxygens (including phenoxy) is 6. The molecular formula is C27H31N3O9S. The molecule has 1 N–H and O–H groups in total. The van der Waals surface area contributed by atoms with Gasteiger partial charge in [0.15, 0.2) is 23.0 Å². The van der Waals surface area contributed by atoms with Crippen molar-refractivity contribution in [3.63, 3.8) is 0 Å². The standard InChI is InChI=1S/C27H31N3O9S/c1-34-19-10-12-22(35-2)21(14-19)30(40(32,33)20-11-13-23(36-3)25(15-20)38-5)17-26(31)29-28-16-18-8-7-9-24(37-4)27(18)39-6/h7-16H,17H2,1-6H3,(H,29,31)/b28-16-. The first-order chi connectivity index (χ1) is 19.2. The molecule has 0 fully saturated rings. The van der Waals surface area contributed by atoms with Gasteiger partial charge in [-0.3, -0.25) is 9.10 Å². The fourth-order valence-corrected chi connectivity index (χ4v) is 5.19. The van der Waals surface area contributed by atoms with E-state index < -0.39 is 22.5 Å². The van der Waals surface area contributed by atoms with E-state index in [0.29, 0.717) is 28.6 Å². The van der Waals surface area contributed by atoms with E-state index in [2.05, 4.69) is 10.5 Å². The summed E-state index contributed by atoms with van der Waals surface area (Å²) in [5.74, 6) is 1.26. The third-order valence-corrected chi connectivity index (χ3v) is 7.47. The van der Waals surface area contributed by atoms with Gasteiger partial charge in [-0.1, -0.05) is 6.07 Å². The van der Waals surface area contributed by atoms with Gasteiger partial charge in [0.1, 0.15) is 18.0 Å². The van der Waals surface area contributed by atoms with Crippen molar-refractivity contribution in [2.24, 2.45) is 5.10 Å². The number of anilines is 1. The Labute approximate surface area is 233 Å². The number of para-hydroxylation sites is 1. The van der Waals surface area contributed by atoms with Crippen LogP contribution >= 0.6 is 0 Å². The lowest BCUT2D eigenvalue weighted by Crippen LogP contribution is -2.39. The third-order valence-electron chi connectivity index (χ3n) is 5.71. The van der Waals surface area contributed by atoms with Crippen LogP contribution in [0, 0.1) is 0 Å². The number of rotatable bonds is 13. The van der Waals surface area contributed by atoms with Crippen molar-refractivity contribution in [1.29, 1.82) is 0 Å². The number of hydrogen-bond acceptors (Lipinski definition) is 10. The minimum absolute atomic E-state index is 0.0743. The van der Waals surface area contributed by atoms with Crippen molar-refractivity contribution in [3.05, 3.63) is 60.2 Å². The van der Waals surface area contributed by atoms with E-state index in [-0.39, 0.29) is 22.1 Å². The van der Waals surface area contributed by atoms with Gasteiger partial charge in [-0.05, 0) is 36.4 Å². The first-order valence-electron chi connectivity index (χ1n) is 11.7. The Kier molecular flexibility index (Phi) is 10.0. The van der Waals surface area contributed by atoms with Gasteiger partial charge >= 0.3 is 0 Å². The molecule has 0 heterocycles. The summed E-state index contributed by atoms with van der Waals surface area (Å²) in [5.41, 5.74) is 2.97. The number of hydrogen-bond donors (Lipinski definition) is 1. The second kappa shape index (κ2) is 13.4. The van der Waals surface area contributed by atoms with Gasteiger partial charge in [0.2, 0.25) is 0 Å². The summed E-state index contributed by atoms with van der Waals surface area (Å²) < 4.78 is 60.6. The van der Waals surface area contributed by atoms with Crippen molar-refractivity contribution < 1.29 is 41.6 Å². The quantitative estimate of drug-likeness (QED) is 0.242. The number of sulfonamides is 1. The molecule has 0 saturated carbocycles. The number of nitrogens with zero attached hydrogens (tertiary/aromatic N) is 2. The highest BCUT2D eigenvalue weighted by Crippen LogP contribution is 2.37. The summed E-state index contributed by atoms with van der Waals surface area (Å²) in [4.78, 5) is 12.9. The number of hydrazone groups is 1. The van der Waals surface area contributed by atoms with Crippen LogP contribution in [0.2, 0.25) is 0 Å². The molecule has 0 radical (unpaired) electrons. The molecule has 3 rings (SSSR count). The van der Waals surface area contributed by atoms with Crippen molar-refractivity contribution in [2.75, 3.05) is 53.5 Å². The summed E-state index contributed by atoms with van der Waals surface area (Å²) in [6, 6.07) is 13.9. The van der Waals surface area contributed by atoms with Crippen molar-refractivity contribution >= 4 is 27.8 Å². The third kappa shape index (κ3) is 6.49. The van der Waals surface area contributed by atoms with Crippen LogP contribution in [-0.2, 0) is 14.8 Å². The first-order valence-corrected chi connectivity index (χ1v) is 13.2. The summed E-state index contributed by atoms with van der Waals surface area (Å²) in [5, 5.41) is 3.98. The molecule has 0 aliphatic rings. The van der Waals surface area contributed by atoms with Crippen molar-refractivity contribution in [2.45, 2.75) is 4.90 Å². The fourth-order valence-electron chi connectivity index (χ4n) is 3.75. The van der Waals surface area contributed by atoms with Gasteiger partial charge < -0.3 is 28.4 Å². The molecule has 0 unspecified atom stereocenters. The zero-order chi connectivity index (χ0) is 29.3. The van der Waals surface area contributed by atoms with Crippen LogP contribution < -0.4 is 38.2 Å². The first kappa shape index (κ1) is 29.9. The molecule has 3 aromatic carbocycles. The Morgan fingerprint density at radius 3 is 2.10 bits per heavy atom. The maximum atomic E-state index is 13.9. The molecule has 40 heavy (non-hydrogen) atoms. The molecule has 3 aromatic rings. The molecule has 0 aromatic heterocycles. The maximum absolute atomic E-state index is 13.9. The van der Waals surface area contributed by atoms with Crippen LogP contribution in [-0.4, -0.2) is 69.7 Å². The highest BCUT2D eigenvalue weighted by atomic mass is 32.2. The van der Waals surface area contributed by atoms with Gasteiger partial charge in [0, 0.05) is 17.7 Å². The second-order valence-electron chi connectivity index (χ2n) is 7.94. The fraction of sp³-hybridized carbons (Fsp3) is 0.259. The summed E-state index contributed by atoms with van der Waals surface area (Å²) in [6.45, 7) is -0.646. The topological polar surface area (TPSA) is 134 Å². The Bertz CT molecular complexity index is 1480. The predicted octanol–water partition coefficient (Wildman–Crippen LogP) is 3.08. The molecule has 13 heteroatoms. The maximum Gasteiger partial charge on any atom is 0.265 e. The average Bonchev–Trinajstić information content (AvgIpc) is 2.98. The van der Waals surface area contributed by atoms with Gasteiger partial charge in [0.05, 0.1) is 59.5 Å². The number of methoxy groups -OCH3 is 6. The Morgan fingerprint density at radius 2 is 1.48 bits per heavy atom. The van der Waals surface area contributed by atoms with Gasteiger partial charge in [-0.2, -0.15) is 5.10 Å².